The molecule has 0 bridgehead atoms. The highest BCUT2D eigenvalue weighted by atomic mass is 16.2. The number of hydrogen-bond donors (Lipinski definition) is 1. The Kier molecular flexibility index (Phi) is 5.71. The third kappa shape index (κ3) is 4.38. The second kappa shape index (κ2) is 8.57. The molecule has 0 spiro atoms. The van der Waals surface area contributed by atoms with E-state index in [0.717, 1.165) is 26.1 Å². The van der Waals surface area contributed by atoms with Gasteiger partial charge in [-0.15, -0.1) is 0 Å². The Morgan fingerprint density at radius 3 is 2.31 bits per heavy atom. The summed E-state index contributed by atoms with van der Waals surface area (Å²) < 4.78 is 0. The Hall–Kier alpha value is -2.99. The maximum absolute atomic E-state index is 12.3. The first-order valence-electron chi connectivity index (χ1n) is 10.1. The molecule has 29 heavy (non-hydrogen) atoms. The van der Waals surface area contributed by atoms with Crippen LogP contribution >= 0.6 is 0 Å². The second-order valence-corrected chi connectivity index (χ2v) is 7.68. The summed E-state index contributed by atoms with van der Waals surface area (Å²) >= 11 is 0. The van der Waals surface area contributed by atoms with Crippen molar-refractivity contribution in [1.82, 2.24) is 15.1 Å². The molecule has 0 saturated carbocycles. The zero-order valence-corrected chi connectivity index (χ0v) is 16.3. The molecule has 4 rings (SSSR count). The summed E-state index contributed by atoms with van der Waals surface area (Å²) in [6.45, 7) is 2.98. The number of rotatable bonds is 7. The second-order valence-electron chi connectivity index (χ2n) is 7.68. The Labute approximate surface area is 170 Å². The van der Waals surface area contributed by atoms with Crippen molar-refractivity contribution in [2.45, 2.75) is 31.8 Å². The molecule has 0 aromatic heterocycles. The smallest absolute Gasteiger partial charge is 0.261 e. The van der Waals surface area contributed by atoms with Gasteiger partial charge in [-0.3, -0.25) is 24.2 Å². The van der Waals surface area contributed by atoms with Crippen molar-refractivity contribution in [3.63, 3.8) is 0 Å². The first-order valence-corrected chi connectivity index (χ1v) is 10.1. The van der Waals surface area contributed by atoms with Gasteiger partial charge in [0, 0.05) is 38.6 Å². The summed E-state index contributed by atoms with van der Waals surface area (Å²) in [7, 11) is 0. The van der Waals surface area contributed by atoms with Crippen molar-refractivity contribution in [3.8, 4) is 0 Å². The molecule has 2 aliphatic rings. The van der Waals surface area contributed by atoms with Crippen LogP contribution in [-0.4, -0.2) is 53.2 Å². The number of carbonyl (C=O) groups excluding carboxylic acids is 3. The number of imide groups is 1. The van der Waals surface area contributed by atoms with E-state index in [1.165, 1.54) is 10.5 Å². The molecule has 6 heteroatoms. The third-order valence-corrected chi connectivity index (χ3v) is 5.55. The highest BCUT2D eigenvalue weighted by molar-refractivity contribution is 6.21. The van der Waals surface area contributed by atoms with Crippen molar-refractivity contribution in [1.29, 1.82) is 0 Å². The highest BCUT2D eigenvalue weighted by Crippen LogP contribution is 2.22. The van der Waals surface area contributed by atoms with Gasteiger partial charge in [-0.2, -0.15) is 0 Å². The summed E-state index contributed by atoms with van der Waals surface area (Å²) in [5.41, 5.74) is 2.18. The average molecular weight is 391 g/mol. The van der Waals surface area contributed by atoms with Gasteiger partial charge in [-0.1, -0.05) is 42.5 Å². The first kappa shape index (κ1) is 19.3. The van der Waals surface area contributed by atoms with Gasteiger partial charge in [0.05, 0.1) is 11.1 Å². The predicted octanol–water partition coefficient (Wildman–Crippen LogP) is 2.45. The summed E-state index contributed by atoms with van der Waals surface area (Å²) in [6.07, 6.45) is 1.72. The van der Waals surface area contributed by atoms with Crippen molar-refractivity contribution < 1.29 is 14.4 Å². The molecule has 0 unspecified atom stereocenters. The van der Waals surface area contributed by atoms with E-state index in [1.807, 2.05) is 18.2 Å². The molecule has 2 heterocycles. The van der Waals surface area contributed by atoms with Gasteiger partial charge in [0.15, 0.2) is 0 Å². The quantitative estimate of drug-likeness (QED) is 0.736. The van der Waals surface area contributed by atoms with Gasteiger partial charge in [-0.05, 0) is 30.5 Å². The van der Waals surface area contributed by atoms with Crippen molar-refractivity contribution >= 4 is 17.7 Å². The fraction of sp³-hybridized carbons (Fsp3) is 0.348. The number of carbonyl (C=O) groups is 3. The Balaban J connectivity index is 1.19. The molecular formula is C23H25N3O3. The molecule has 2 aromatic rings. The molecule has 1 saturated heterocycles. The largest absolute Gasteiger partial charge is 0.352 e. The zero-order chi connectivity index (χ0) is 20.2. The van der Waals surface area contributed by atoms with Crippen molar-refractivity contribution in [2.75, 3.05) is 19.6 Å². The van der Waals surface area contributed by atoms with Crippen LogP contribution in [0.1, 0.15) is 45.5 Å². The topological polar surface area (TPSA) is 69.7 Å². The minimum absolute atomic E-state index is 0.0202. The van der Waals surface area contributed by atoms with Crippen LogP contribution in [0.2, 0.25) is 0 Å². The van der Waals surface area contributed by atoms with Gasteiger partial charge in [0.1, 0.15) is 0 Å². The Bertz CT molecular complexity index is 878. The van der Waals surface area contributed by atoms with Gasteiger partial charge in [-0.25, -0.2) is 0 Å². The number of likely N-dealkylation sites (tertiary alicyclic amines) is 1. The molecule has 2 aliphatic heterocycles. The molecule has 1 N–H and O–H groups in total. The van der Waals surface area contributed by atoms with Crippen LogP contribution in [0.5, 0.6) is 0 Å². The first-order chi connectivity index (χ1) is 14.1. The van der Waals surface area contributed by atoms with Crippen LogP contribution in [0.15, 0.2) is 54.6 Å². The van der Waals surface area contributed by atoms with E-state index in [4.69, 9.17) is 0 Å². The normalized spacial score (nSPS) is 18.9. The molecule has 150 valence electrons. The van der Waals surface area contributed by atoms with Crippen LogP contribution in [0.25, 0.3) is 0 Å². The molecule has 2 aromatic carbocycles. The SMILES string of the molecule is O=C(CCCN1C(=O)c2ccccc2C1=O)N[C@@H]1CCN(Cc2ccccc2)C1. The maximum Gasteiger partial charge on any atom is 0.261 e. The number of fused-ring (bicyclic) bond motifs is 1. The minimum Gasteiger partial charge on any atom is -0.352 e. The van der Waals surface area contributed by atoms with Crippen LogP contribution in [0.4, 0.5) is 0 Å². The van der Waals surface area contributed by atoms with Crippen LogP contribution in [-0.2, 0) is 11.3 Å². The van der Waals surface area contributed by atoms with Crippen molar-refractivity contribution in [3.05, 3.63) is 71.3 Å². The summed E-state index contributed by atoms with van der Waals surface area (Å²) in [5.74, 6) is -0.551. The van der Waals surface area contributed by atoms with Crippen LogP contribution in [0.3, 0.4) is 0 Å². The van der Waals surface area contributed by atoms with E-state index in [0.29, 0.717) is 24.0 Å². The molecule has 6 nitrogen and oxygen atoms in total. The molecule has 0 radical (unpaired) electrons. The van der Waals surface area contributed by atoms with Gasteiger partial charge in [0.25, 0.3) is 11.8 Å². The van der Waals surface area contributed by atoms with E-state index in [9.17, 15) is 14.4 Å². The van der Waals surface area contributed by atoms with Crippen LogP contribution < -0.4 is 5.32 Å². The number of hydrogen-bond acceptors (Lipinski definition) is 4. The van der Waals surface area contributed by atoms with E-state index in [1.54, 1.807) is 24.3 Å². The predicted molar refractivity (Wildman–Crippen MR) is 109 cm³/mol. The lowest BCUT2D eigenvalue weighted by molar-refractivity contribution is -0.121. The van der Waals surface area contributed by atoms with E-state index in [2.05, 4.69) is 22.3 Å². The van der Waals surface area contributed by atoms with Crippen molar-refractivity contribution in [2.24, 2.45) is 0 Å². The average Bonchev–Trinajstić information content (AvgIpc) is 3.26. The van der Waals surface area contributed by atoms with E-state index >= 15 is 0 Å². The lowest BCUT2D eigenvalue weighted by Gasteiger charge is -2.17. The standard InChI is InChI=1S/C23H25N3O3/c27-21(24-18-12-14-25(16-18)15-17-7-2-1-3-8-17)11-6-13-26-22(28)19-9-4-5-10-20(19)23(26)29/h1-5,7-10,18H,6,11-16H2,(H,24,27)/t18-/m1/s1. The monoisotopic (exact) mass is 391 g/mol. The maximum atomic E-state index is 12.3. The number of nitrogens with one attached hydrogen (secondary N) is 1. The van der Waals surface area contributed by atoms with Crippen LogP contribution in [0, 0.1) is 0 Å². The lowest BCUT2D eigenvalue weighted by atomic mass is 10.1. The minimum atomic E-state index is -0.265. The molecular weight excluding hydrogens is 366 g/mol. The van der Waals surface area contributed by atoms with E-state index in [-0.39, 0.29) is 30.3 Å². The number of amides is 3. The van der Waals surface area contributed by atoms with Gasteiger partial charge < -0.3 is 5.32 Å². The molecule has 1 fully saturated rings. The van der Waals surface area contributed by atoms with Gasteiger partial charge >= 0.3 is 0 Å². The Morgan fingerprint density at radius 1 is 0.966 bits per heavy atom. The number of benzene rings is 2. The number of nitrogens with zero attached hydrogens (tertiary/aromatic N) is 2. The fourth-order valence-electron chi connectivity index (χ4n) is 4.08. The molecule has 1 atom stereocenters. The van der Waals surface area contributed by atoms with E-state index < -0.39 is 0 Å². The molecule has 0 aliphatic carbocycles. The highest BCUT2D eigenvalue weighted by Gasteiger charge is 2.34. The summed E-state index contributed by atoms with van der Waals surface area (Å²) in [5, 5.41) is 3.09. The summed E-state index contributed by atoms with van der Waals surface area (Å²) in [6, 6.07) is 17.3. The summed E-state index contributed by atoms with van der Waals surface area (Å²) in [4.78, 5) is 40.6. The Morgan fingerprint density at radius 2 is 1.62 bits per heavy atom. The zero-order valence-electron chi connectivity index (χ0n) is 16.3. The van der Waals surface area contributed by atoms with Gasteiger partial charge in [0.2, 0.25) is 5.91 Å². The molecule has 3 amide bonds. The fourth-order valence-corrected chi connectivity index (χ4v) is 4.08. The lowest BCUT2D eigenvalue weighted by Crippen LogP contribution is -2.37. The third-order valence-electron chi connectivity index (χ3n) is 5.55.